The van der Waals surface area contributed by atoms with Crippen LogP contribution < -0.4 is 9.47 Å². The van der Waals surface area contributed by atoms with E-state index in [1.807, 2.05) is 6.07 Å². The molecule has 0 radical (unpaired) electrons. The Bertz CT molecular complexity index is 422. The van der Waals surface area contributed by atoms with E-state index >= 15 is 0 Å². The van der Waals surface area contributed by atoms with Crippen LogP contribution in [0.15, 0.2) is 18.2 Å². The van der Waals surface area contributed by atoms with Crippen molar-refractivity contribution in [1.82, 2.24) is 4.90 Å². The van der Waals surface area contributed by atoms with Crippen LogP contribution in [-0.4, -0.2) is 43.9 Å². The highest BCUT2D eigenvalue weighted by atomic mass is 16.5. The Morgan fingerprint density at radius 1 is 1.20 bits per heavy atom. The lowest BCUT2D eigenvalue weighted by atomic mass is 10.0. The van der Waals surface area contributed by atoms with Crippen molar-refractivity contribution in [2.24, 2.45) is 0 Å². The van der Waals surface area contributed by atoms with Gasteiger partial charge in [0.05, 0.1) is 14.2 Å². The van der Waals surface area contributed by atoms with Crippen molar-refractivity contribution in [3.63, 3.8) is 0 Å². The SMILES string of the molecule is COc1ccc(C2CCCN2CCCCO)cc1OC. The fraction of sp³-hybridized carbons (Fsp3) is 0.625. The zero-order chi connectivity index (χ0) is 14.4. The summed E-state index contributed by atoms with van der Waals surface area (Å²) in [7, 11) is 3.34. The van der Waals surface area contributed by atoms with Gasteiger partial charge in [-0.15, -0.1) is 0 Å². The molecule has 1 aromatic carbocycles. The summed E-state index contributed by atoms with van der Waals surface area (Å²) in [6.07, 6.45) is 4.36. The van der Waals surface area contributed by atoms with Gasteiger partial charge in [-0.3, -0.25) is 4.90 Å². The Balaban J connectivity index is 2.09. The van der Waals surface area contributed by atoms with Gasteiger partial charge in [-0.2, -0.15) is 0 Å². The van der Waals surface area contributed by atoms with Gasteiger partial charge in [0.1, 0.15) is 0 Å². The lowest BCUT2D eigenvalue weighted by Crippen LogP contribution is -2.24. The maximum Gasteiger partial charge on any atom is 0.161 e. The first-order chi connectivity index (χ1) is 9.80. The number of rotatable bonds is 7. The summed E-state index contributed by atoms with van der Waals surface area (Å²) in [6, 6.07) is 6.68. The number of aliphatic hydroxyl groups is 1. The van der Waals surface area contributed by atoms with E-state index in [4.69, 9.17) is 14.6 Å². The zero-order valence-electron chi connectivity index (χ0n) is 12.5. The molecule has 0 aromatic heterocycles. The smallest absolute Gasteiger partial charge is 0.161 e. The minimum Gasteiger partial charge on any atom is -0.493 e. The van der Waals surface area contributed by atoms with Crippen LogP contribution in [-0.2, 0) is 0 Å². The summed E-state index contributed by atoms with van der Waals surface area (Å²) in [5.74, 6) is 1.58. The number of unbranched alkanes of at least 4 members (excludes halogenated alkanes) is 1. The van der Waals surface area contributed by atoms with E-state index in [2.05, 4.69) is 17.0 Å². The Morgan fingerprint density at radius 2 is 2.00 bits per heavy atom. The molecule has 20 heavy (non-hydrogen) atoms. The van der Waals surface area contributed by atoms with Gasteiger partial charge in [-0.05, 0) is 56.5 Å². The van der Waals surface area contributed by atoms with Crippen LogP contribution in [0.1, 0.15) is 37.3 Å². The van der Waals surface area contributed by atoms with Crippen molar-refractivity contribution in [3.05, 3.63) is 23.8 Å². The molecule has 0 bridgehead atoms. The van der Waals surface area contributed by atoms with E-state index in [0.717, 1.165) is 37.4 Å². The molecule has 1 aliphatic heterocycles. The molecular formula is C16H25NO3. The largest absolute Gasteiger partial charge is 0.493 e. The molecule has 2 rings (SSSR count). The van der Waals surface area contributed by atoms with Gasteiger partial charge >= 0.3 is 0 Å². The summed E-state index contributed by atoms with van der Waals surface area (Å²) in [5, 5.41) is 8.90. The molecule has 1 aromatic rings. The molecule has 1 fully saturated rings. The van der Waals surface area contributed by atoms with Gasteiger partial charge in [0.15, 0.2) is 11.5 Å². The van der Waals surface area contributed by atoms with Crippen molar-refractivity contribution in [2.75, 3.05) is 33.9 Å². The summed E-state index contributed by atoms with van der Waals surface area (Å²) in [5.41, 5.74) is 1.30. The van der Waals surface area contributed by atoms with Crippen molar-refractivity contribution < 1.29 is 14.6 Å². The second-order valence-corrected chi connectivity index (χ2v) is 5.24. The topological polar surface area (TPSA) is 41.9 Å². The number of hydrogen-bond donors (Lipinski definition) is 1. The molecule has 0 spiro atoms. The third-order valence-electron chi connectivity index (χ3n) is 4.01. The number of aliphatic hydroxyl groups excluding tert-OH is 1. The lowest BCUT2D eigenvalue weighted by molar-refractivity contribution is 0.230. The summed E-state index contributed by atoms with van der Waals surface area (Å²) in [6.45, 7) is 2.48. The van der Waals surface area contributed by atoms with Crippen LogP contribution >= 0.6 is 0 Å². The fourth-order valence-corrected chi connectivity index (χ4v) is 2.96. The summed E-state index contributed by atoms with van der Waals surface area (Å²) < 4.78 is 10.7. The Hall–Kier alpha value is -1.26. The molecule has 4 nitrogen and oxygen atoms in total. The minimum absolute atomic E-state index is 0.287. The van der Waals surface area contributed by atoms with Gasteiger partial charge in [-0.25, -0.2) is 0 Å². The third-order valence-corrected chi connectivity index (χ3v) is 4.01. The quantitative estimate of drug-likeness (QED) is 0.779. The maximum atomic E-state index is 8.90. The molecule has 1 heterocycles. The van der Waals surface area contributed by atoms with E-state index in [9.17, 15) is 0 Å². The van der Waals surface area contributed by atoms with Crippen LogP contribution in [0.5, 0.6) is 11.5 Å². The van der Waals surface area contributed by atoms with E-state index in [0.29, 0.717) is 6.04 Å². The predicted octanol–water partition coefficient (Wildman–Crippen LogP) is 2.61. The Kier molecular flexibility index (Phi) is 5.68. The monoisotopic (exact) mass is 279 g/mol. The van der Waals surface area contributed by atoms with Gasteiger partial charge in [0, 0.05) is 12.6 Å². The van der Waals surface area contributed by atoms with E-state index in [1.54, 1.807) is 14.2 Å². The van der Waals surface area contributed by atoms with Crippen molar-refractivity contribution in [1.29, 1.82) is 0 Å². The predicted molar refractivity (Wildman–Crippen MR) is 79.4 cm³/mol. The summed E-state index contributed by atoms with van der Waals surface area (Å²) >= 11 is 0. The normalized spacial score (nSPS) is 19.2. The second-order valence-electron chi connectivity index (χ2n) is 5.24. The minimum atomic E-state index is 0.287. The zero-order valence-corrected chi connectivity index (χ0v) is 12.5. The number of nitrogens with zero attached hydrogens (tertiary/aromatic N) is 1. The van der Waals surface area contributed by atoms with Crippen LogP contribution in [0.3, 0.4) is 0 Å². The number of methoxy groups -OCH3 is 2. The average Bonchev–Trinajstić information content (AvgIpc) is 2.95. The highest BCUT2D eigenvalue weighted by Crippen LogP contribution is 2.36. The first-order valence-corrected chi connectivity index (χ1v) is 7.37. The van der Waals surface area contributed by atoms with Crippen LogP contribution in [0.2, 0.25) is 0 Å². The highest BCUT2D eigenvalue weighted by Gasteiger charge is 2.26. The van der Waals surface area contributed by atoms with Gasteiger partial charge in [0.2, 0.25) is 0 Å². The van der Waals surface area contributed by atoms with E-state index in [-0.39, 0.29) is 6.61 Å². The molecule has 0 amide bonds. The van der Waals surface area contributed by atoms with Gasteiger partial charge < -0.3 is 14.6 Å². The average molecular weight is 279 g/mol. The maximum absolute atomic E-state index is 8.90. The fourth-order valence-electron chi connectivity index (χ4n) is 2.96. The van der Waals surface area contributed by atoms with Crippen LogP contribution in [0.4, 0.5) is 0 Å². The second kappa shape index (κ2) is 7.50. The first kappa shape index (κ1) is 15.1. The van der Waals surface area contributed by atoms with Crippen molar-refractivity contribution in [3.8, 4) is 11.5 Å². The Labute approximate surface area is 121 Å². The molecule has 0 aliphatic carbocycles. The number of benzene rings is 1. The van der Waals surface area contributed by atoms with Crippen molar-refractivity contribution in [2.45, 2.75) is 31.7 Å². The Morgan fingerprint density at radius 3 is 2.70 bits per heavy atom. The molecule has 0 saturated carbocycles. The molecule has 112 valence electrons. The van der Waals surface area contributed by atoms with Crippen molar-refractivity contribution >= 4 is 0 Å². The molecular weight excluding hydrogens is 254 g/mol. The third kappa shape index (κ3) is 3.44. The molecule has 1 N–H and O–H groups in total. The highest BCUT2D eigenvalue weighted by molar-refractivity contribution is 5.44. The van der Waals surface area contributed by atoms with E-state index in [1.165, 1.54) is 18.4 Å². The number of ether oxygens (including phenoxy) is 2. The summed E-state index contributed by atoms with van der Waals surface area (Å²) in [4.78, 5) is 2.51. The van der Waals surface area contributed by atoms with E-state index < -0.39 is 0 Å². The number of hydrogen-bond acceptors (Lipinski definition) is 4. The number of likely N-dealkylation sites (tertiary alicyclic amines) is 1. The first-order valence-electron chi connectivity index (χ1n) is 7.37. The van der Waals surface area contributed by atoms with Gasteiger partial charge in [0.25, 0.3) is 0 Å². The molecule has 1 saturated heterocycles. The van der Waals surface area contributed by atoms with Crippen LogP contribution in [0, 0.1) is 0 Å². The molecule has 1 unspecified atom stereocenters. The molecule has 4 heteroatoms. The standard InChI is InChI=1S/C16H25NO3/c1-19-15-8-7-13(12-16(15)20-2)14-6-5-10-17(14)9-3-4-11-18/h7-8,12,14,18H,3-6,9-11H2,1-2H3. The molecule has 1 aliphatic rings. The van der Waals surface area contributed by atoms with Gasteiger partial charge in [-0.1, -0.05) is 6.07 Å². The lowest BCUT2D eigenvalue weighted by Gasteiger charge is -2.25. The van der Waals surface area contributed by atoms with Crippen LogP contribution in [0.25, 0.3) is 0 Å². The molecule has 1 atom stereocenters.